The van der Waals surface area contributed by atoms with Crippen LogP contribution in [0.25, 0.3) is 0 Å². The van der Waals surface area contributed by atoms with Crippen molar-refractivity contribution in [2.24, 2.45) is 5.73 Å². The van der Waals surface area contributed by atoms with Crippen LogP contribution in [0.3, 0.4) is 0 Å². The number of hydrogen-bond acceptors (Lipinski definition) is 5. The number of carbonyl (C=O) groups excluding carboxylic acids is 1. The maximum atomic E-state index is 12.1. The number of aromatic nitrogens is 2. The fraction of sp³-hybridized carbons (Fsp3) is 0.786. The Bertz CT molecular complexity index is 460. The van der Waals surface area contributed by atoms with Gasteiger partial charge in [0.2, 0.25) is 11.8 Å². The number of hydrogen-bond donors (Lipinski definition) is 2. The molecule has 1 aromatic heterocycles. The van der Waals surface area contributed by atoms with Gasteiger partial charge in [-0.05, 0) is 20.3 Å². The molecule has 0 aromatic carbocycles. The zero-order valence-corrected chi connectivity index (χ0v) is 13.3. The van der Waals surface area contributed by atoms with E-state index < -0.39 is 5.54 Å². The van der Waals surface area contributed by atoms with Gasteiger partial charge in [-0.15, -0.1) is 0 Å². The van der Waals surface area contributed by atoms with Crippen molar-refractivity contribution in [3.63, 3.8) is 0 Å². The van der Waals surface area contributed by atoms with E-state index in [2.05, 4.69) is 15.5 Å². The van der Waals surface area contributed by atoms with E-state index in [9.17, 15) is 4.79 Å². The van der Waals surface area contributed by atoms with Gasteiger partial charge in [-0.2, -0.15) is 4.98 Å². The minimum atomic E-state index is -0.879. The molecular formula is C14H26N4O2. The first-order valence-corrected chi connectivity index (χ1v) is 7.02. The molecule has 0 aliphatic rings. The number of nitrogens with one attached hydrogen (secondary N) is 1. The van der Waals surface area contributed by atoms with Gasteiger partial charge in [0, 0.05) is 5.41 Å². The van der Waals surface area contributed by atoms with Gasteiger partial charge in [-0.1, -0.05) is 39.3 Å². The van der Waals surface area contributed by atoms with Gasteiger partial charge in [-0.3, -0.25) is 4.79 Å². The SMILES string of the molecule is CCCC(C)(N)C(=O)NC(C)c1nc(C(C)(C)C)no1. The number of nitrogens with two attached hydrogens (primary N) is 1. The van der Waals surface area contributed by atoms with Crippen molar-refractivity contribution in [3.05, 3.63) is 11.7 Å². The highest BCUT2D eigenvalue weighted by atomic mass is 16.5. The predicted octanol–water partition coefficient (Wildman–Crippen LogP) is 2.06. The van der Waals surface area contributed by atoms with Crippen molar-refractivity contribution in [3.8, 4) is 0 Å². The molecule has 1 amide bonds. The van der Waals surface area contributed by atoms with Crippen LogP contribution in [0, 0.1) is 0 Å². The second-order valence-electron chi connectivity index (χ2n) is 6.57. The number of amides is 1. The van der Waals surface area contributed by atoms with Crippen molar-refractivity contribution in [1.29, 1.82) is 0 Å². The van der Waals surface area contributed by atoms with Gasteiger partial charge in [0.05, 0.1) is 5.54 Å². The van der Waals surface area contributed by atoms with Crippen molar-refractivity contribution < 1.29 is 9.32 Å². The van der Waals surface area contributed by atoms with Gasteiger partial charge >= 0.3 is 0 Å². The summed E-state index contributed by atoms with van der Waals surface area (Å²) in [6, 6.07) is -0.356. The molecule has 2 atom stereocenters. The number of rotatable bonds is 5. The summed E-state index contributed by atoms with van der Waals surface area (Å²) < 4.78 is 5.21. The van der Waals surface area contributed by atoms with E-state index in [1.165, 1.54) is 0 Å². The quantitative estimate of drug-likeness (QED) is 0.862. The molecule has 2 unspecified atom stereocenters. The topological polar surface area (TPSA) is 94.0 Å². The van der Waals surface area contributed by atoms with Crippen molar-refractivity contribution in [2.45, 2.75) is 71.4 Å². The highest BCUT2D eigenvalue weighted by molar-refractivity contribution is 5.85. The van der Waals surface area contributed by atoms with Gasteiger partial charge in [0.25, 0.3) is 0 Å². The standard InChI is InChI=1S/C14H26N4O2/c1-7-8-14(6,15)12(19)16-9(2)10-17-11(18-20-10)13(3,4)5/h9H,7-8,15H2,1-6H3,(H,16,19). The Kier molecular flexibility index (Phi) is 4.91. The Balaban J connectivity index is 2.74. The average Bonchev–Trinajstić information content (AvgIpc) is 2.77. The summed E-state index contributed by atoms with van der Waals surface area (Å²) in [5.41, 5.74) is 4.93. The van der Waals surface area contributed by atoms with E-state index in [1.807, 2.05) is 27.7 Å². The summed E-state index contributed by atoms with van der Waals surface area (Å²) in [6.45, 7) is 11.5. The molecule has 0 saturated heterocycles. The first-order valence-electron chi connectivity index (χ1n) is 7.02. The molecule has 1 heterocycles. The molecule has 0 radical (unpaired) electrons. The Labute approximate surface area is 120 Å². The van der Waals surface area contributed by atoms with Crippen LogP contribution in [0.5, 0.6) is 0 Å². The third-order valence-corrected chi connectivity index (χ3v) is 3.12. The predicted molar refractivity (Wildman–Crippen MR) is 77.1 cm³/mol. The lowest BCUT2D eigenvalue weighted by molar-refractivity contribution is -0.126. The van der Waals surface area contributed by atoms with Crippen LogP contribution in [0.4, 0.5) is 0 Å². The average molecular weight is 282 g/mol. The van der Waals surface area contributed by atoms with Crippen LogP contribution >= 0.6 is 0 Å². The fourth-order valence-corrected chi connectivity index (χ4v) is 1.77. The highest BCUT2D eigenvalue weighted by Crippen LogP contribution is 2.21. The molecule has 6 heteroatoms. The van der Waals surface area contributed by atoms with Crippen molar-refractivity contribution in [1.82, 2.24) is 15.5 Å². The lowest BCUT2D eigenvalue weighted by atomic mass is 9.96. The van der Waals surface area contributed by atoms with Gasteiger partial charge in [-0.25, -0.2) is 0 Å². The van der Waals surface area contributed by atoms with E-state index in [1.54, 1.807) is 13.8 Å². The molecule has 0 aliphatic carbocycles. The van der Waals surface area contributed by atoms with Gasteiger partial charge in [0.1, 0.15) is 6.04 Å². The summed E-state index contributed by atoms with van der Waals surface area (Å²) >= 11 is 0. The van der Waals surface area contributed by atoms with E-state index in [0.29, 0.717) is 18.1 Å². The molecule has 1 rings (SSSR count). The highest BCUT2D eigenvalue weighted by Gasteiger charge is 2.30. The molecule has 6 nitrogen and oxygen atoms in total. The van der Waals surface area contributed by atoms with Crippen molar-refractivity contribution in [2.75, 3.05) is 0 Å². The zero-order chi connectivity index (χ0) is 15.6. The normalized spacial score (nSPS) is 16.6. The molecule has 114 valence electrons. The Morgan fingerprint density at radius 3 is 2.45 bits per heavy atom. The van der Waals surface area contributed by atoms with Crippen LogP contribution in [-0.2, 0) is 10.2 Å². The fourth-order valence-electron chi connectivity index (χ4n) is 1.77. The Hall–Kier alpha value is -1.43. The van der Waals surface area contributed by atoms with E-state index in [4.69, 9.17) is 10.3 Å². The van der Waals surface area contributed by atoms with Crippen LogP contribution in [0.2, 0.25) is 0 Å². The third kappa shape index (κ3) is 4.03. The summed E-state index contributed by atoms with van der Waals surface area (Å²) in [6.07, 6.45) is 1.48. The number of carbonyl (C=O) groups is 1. The molecular weight excluding hydrogens is 256 g/mol. The summed E-state index contributed by atoms with van der Waals surface area (Å²) in [5.74, 6) is 0.815. The zero-order valence-electron chi connectivity index (χ0n) is 13.3. The second-order valence-corrected chi connectivity index (χ2v) is 6.57. The molecule has 0 saturated carbocycles. The molecule has 0 bridgehead atoms. The summed E-state index contributed by atoms with van der Waals surface area (Å²) in [5, 5.41) is 6.77. The Morgan fingerprint density at radius 1 is 1.40 bits per heavy atom. The maximum absolute atomic E-state index is 12.1. The molecule has 20 heavy (non-hydrogen) atoms. The molecule has 0 spiro atoms. The smallest absolute Gasteiger partial charge is 0.248 e. The minimum absolute atomic E-state index is 0.184. The van der Waals surface area contributed by atoms with Gasteiger partial charge in [0.15, 0.2) is 5.82 Å². The molecule has 3 N–H and O–H groups in total. The van der Waals surface area contributed by atoms with Gasteiger partial charge < -0.3 is 15.6 Å². The lowest BCUT2D eigenvalue weighted by Crippen LogP contribution is -2.52. The third-order valence-electron chi connectivity index (χ3n) is 3.12. The molecule has 0 aliphatic heterocycles. The van der Waals surface area contributed by atoms with Crippen LogP contribution in [-0.4, -0.2) is 21.6 Å². The first-order chi connectivity index (χ1) is 9.08. The molecule has 0 fully saturated rings. The lowest BCUT2D eigenvalue weighted by Gasteiger charge is -2.24. The van der Waals surface area contributed by atoms with Crippen molar-refractivity contribution >= 4 is 5.91 Å². The van der Waals surface area contributed by atoms with Crippen LogP contribution in [0.1, 0.15) is 72.1 Å². The maximum Gasteiger partial charge on any atom is 0.248 e. The summed E-state index contributed by atoms with van der Waals surface area (Å²) in [7, 11) is 0. The van der Waals surface area contributed by atoms with E-state index in [0.717, 1.165) is 6.42 Å². The molecule has 1 aromatic rings. The monoisotopic (exact) mass is 282 g/mol. The Morgan fingerprint density at radius 2 is 2.00 bits per heavy atom. The summed E-state index contributed by atoms with van der Waals surface area (Å²) in [4.78, 5) is 16.4. The second kappa shape index (κ2) is 5.91. The van der Waals surface area contributed by atoms with Crippen LogP contribution < -0.4 is 11.1 Å². The minimum Gasteiger partial charge on any atom is -0.343 e. The first kappa shape index (κ1) is 16.6. The number of nitrogens with zero attached hydrogens (tertiary/aromatic N) is 2. The van der Waals surface area contributed by atoms with E-state index in [-0.39, 0.29) is 17.4 Å². The van der Waals surface area contributed by atoms with Crippen LogP contribution in [0.15, 0.2) is 4.52 Å². The van der Waals surface area contributed by atoms with E-state index >= 15 is 0 Å². The largest absolute Gasteiger partial charge is 0.343 e.